The molecule has 3 heteroatoms. The van der Waals surface area contributed by atoms with Crippen molar-refractivity contribution in [1.29, 1.82) is 0 Å². The van der Waals surface area contributed by atoms with Gasteiger partial charge in [-0.2, -0.15) is 0 Å². The van der Waals surface area contributed by atoms with E-state index in [1.54, 1.807) is 0 Å². The second kappa shape index (κ2) is 4.16. The van der Waals surface area contributed by atoms with E-state index < -0.39 is 0 Å². The average Bonchev–Trinajstić information content (AvgIpc) is 2.27. The third-order valence-corrected chi connectivity index (χ3v) is 2.62. The van der Waals surface area contributed by atoms with Gasteiger partial charge < -0.3 is 0 Å². The molecule has 2 aromatic heterocycles. The van der Waals surface area contributed by atoms with Crippen molar-refractivity contribution < 1.29 is 0 Å². The Kier molecular flexibility index (Phi) is 2.86. The van der Waals surface area contributed by atoms with Crippen molar-refractivity contribution in [3.05, 3.63) is 30.0 Å². The van der Waals surface area contributed by atoms with Crippen LogP contribution in [0.15, 0.2) is 18.5 Å². The predicted molar refractivity (Wildman–Crippen MR) is 65.5 cm³/mol. The molecule has 3 nitrogen and oxygen atoms in total. The van der Waals surface area contributed by atoms with Crippen LogP contribution in [0.3, 0.4) is 0 Å². The lowest BCUT2D eigenvalue weighted by Crippen LogP contribution is -2.00. The van der Waals surface area contributed by atoms with Crippen molar-refractivity contribution in [3.8, 4) is 0 Å². The second-order valence-electron chi connectivity index (χ2n) is 4.67. The Labute approximate surface area is 96.0 Å². The largest absolute Gasteiger partial charge is 0.260 e. The van der Waals surface area contributed by atoms with E-state index in [9.17, 15) is 0 Å². The number of hydrogen-bond donors (Lipinski definition) is 0. The van der Waals surface area contributed by atoms with E-state index >= 15 is 0 Å². The van der Waals surface area contributed by atoms with Gasteiger partial charge in [0.15, 0.2) is 0 Å². The van der Waals surface area contributed by atoms with Gasteiger partial charge in [0.1, 0.15) is 5.82 Å². The summed E-state index contributed by atoms with van der Waals surface area (Å²) >= 11 is 0. The number of pyridine rings is 1. The summed E-state index contributed by atoms with van der Waals surface area (Å²) in [5.41, 5.74) is 2.07. The molecule has 0 aliphatic heterocycles. The van der Waals surface area contributed by atoms with Gasteiger partial charge in [0.25, 0.3) is 0 Å². The molecule has 2 heterocycles. The van der Waals surface area contributed by atoms with Gasteiger partial charge in [-0.1, -0.05) is 27.7 Å². The summed E-state index contributed by atoms with van der Waals surface area (Å²) in [5, 5.41) is 1.07. The lowest BCUT2D eigenvalue weighted by Gasteiger charge is -2.09. The standard InChI is InChI=1S/C13H17N3/c1-8(2)12-10-7-15-13(9(3)4)16-11(10)5-6-14-12/h5-9H,1-4H3. The smallest absolute Gasteiger partial charge is 0.131 e. The molecular weight excluding hydrogens is 198 g/mol. The number of fused-ring (bicyclic) bond motifs is 1. The summed E-state index contributed by atoms with van der Waals surface area (Å²) in [6.45, 7) is 8.48. The topological polar surface area (TPSA) is 38.7 Å². The Hall–Kier alpha value is -1.51. The minimum Gasteiger partial charge on any atom is -0.260 e. The first-order valence-electron chi connectivity index (χ1n) is 5.71. The maximum absolute atomic E-state index is 4.57. The number of nitrogens with zero attached hydrogens (tertiary/aromatic N) is 3. The van der Waals surface area contributed by atoms with Crippen LogP contribution in [0, 0.1) is 0 Å². The van der Waals surface area contributed by atoms with Crippen molar-refractivity contribution in [2.75, 3.05) is 0 Å². The van der Waals surface area contributed by atoms with E-state index in [1.165, 1.54) is 0 Å². The van der Waals surface area contributed by atoms with Crippen LogP contribution in [-0.4, -0.2) is 15.0 Å². The fourth-order valence-electron chi connectivity index (χ4n) is 1.73. The van der Waals surface area contributed by atoms with Gasteiger partial charge in [-0.25, -0.2) is 9.97 Å². The molecule has 0 atom stereocenters. The first-order chi connectivity index (χ1) is 7.59. The van der Waals surface area contributed by atoms with Gasteiger partial charge in [-0.05, 0) is 12.0 Å². The lowest BCUT2D eigenvalue weighted by molar-refractivity contribution is 0.779. The van der Waals surface area contributed by atoms with E-state index in [0.29, 0.717) is 11.8 Å². The van der Waals surface area contributed by atoms with Crippen LogP contribution in [0.25, 0.3) is 10.9 Å². The van der Waals surface area contributed by atoms with Crippen molar-refractivity contribution in [3.63, 3.8) is 0 Å². The highest BCUT2D eigenvalue weighted by Gasteiger charge is 2.09. The zero-order chi connectivity index (χ0) is 11.7. The van der Waals surface area contributed by atoms with Crippen LogP contribution in [0.5, 0.6) is 0 Å². The summed E-state index contributed by atoms with van der Waals surface area (Å²) < 4.78 is 0. The van der Waals surface area contributed by atoms with E-state index in [-0.39, 0.29) is 0 Å². The fraction of sp³-hybridized carbons (Fsp3) is 0.462. The molecule has 2 aromatic rings. The third-order valence-electron chi connectivity index (χ3n) is 2.62. The average molecular weight is 215 g/mol. The fourth-order valence-corrected chi connectivity index (χ4v) is 1.73. The summed E-state index contributed by atoms with van der Waals surface area (Å²) in [4.78, 5) is 13.4. The van der Waals surface area contributed by atoms with Gasteiger partial charge in [0, 0.05) is 23.7 Å². The molecule has 0 saturated heterocycles. The number of rotatable bonds is 2. The zero-order valence-corrected chi connectivity index (χ0v) is 10.2. The molecule has 2 rings (SSSR count). The van der Waals surface area contributed by atoms with Gasteiger partial charge in [-0.3, -0.25) is 4.98 Å². The number of hydrogen-bond acceptors (Lipinski definition) is 3. The predicted octanol–water partition coefficient (Wildman–Crippen LogP) is 3.27. The van der Waals surface area contributed by atoms with Crippen LogP contribution in [-0.2, 0) is 0 Å². The molecular formula is C13H17N3. The molecule has 0 radical (unpaired) electrons. The van der Waals surface area contributed by atoms with E-state index in [2.05, 4.69) is 42.6 Å². The van der Waals surface area contributed by atoms with Gasteiger partial charge in [0.2, 0.25) is 0 Å². The zero-order valence-electron chi connectivity index (χ0n) is 10.2. The summed E-state index contributed by atoms with van der Waals surface area (Å²) in [5.74, 6) is 1.66. The molecule has 0 spiro atoms. The molecule has 0 bridgehead atoms. The third kappa shape index (κ3) is 1.90. The molecule has 0 aromatic carbocycles. The SMILES string of the molecule is CC(C)c1ncc2c(C(C)C)nccc2n1. The Bertz CT molecular complexity index is 504. The highest BCUT2D eigenvalue weighted by molar-refractivity contribution is 5.80. The minimum atomic E-state index is 0.361. The normalized spacial score (nSPS) is 11.6. The Morgan fingerprint density at radius 2 is 1.75 bits per heavy atom. The van der Waals surface area contributed by atoms with Gasteiger partial charge in [0.05, 0.1) is 11.2 Å². The molecule has 0 fully saturated rings. The van der Waals surface area contributed by atoms with Crippen LogP contribution in [0.4, 0.5) is 0 Å². The molecule has 84 valence electrons. The number of aromatic nitrogens is 3. The maximum Gasteiger partial charge on any atom is 0.131 e. The molecule has 16 heavy (non-hydrogen) atoms. The monoisotopic (exact) mass is 215 g/mol. The summed E-state index contributed by atoms with van der Waals surface area (Å²) in [6.07, 6.45) is 3.73. The molecule has 0 unspecified atom stereocenters. The van der Waals surface area contributed by atoms with Crippen molar-refractivity contribution in [2.45, 2.75) is 39.5 Å². The van der Waals surface area contributed by atoms with Crippen LogP contribution < -0.4 is 0 Å². The lowest BCUT2D eigenvalue weighted by atomic mass is 10.1. The maximum atomic E-state index is 4.57. The first-order valence-corrected chi connectivity index (χ1v) is 5.71. The minimum absolute atomic E-state index is 0.361. The van der Waals surface area contributed by atoms with E-state index in [4.69, 9.17) is 0 Å². The Morgan fingerprint density at radius 1 is 1.00 bits per heavy atom. The molecule has 0 aliphatic carbocycles. The Morgan fingerprint density at radius 3 is 2.38 bits per heavy atom. The summed E-state index contributed by atoms with van der Waals surface area (Å²) in [7, 11) is 0. The van der Waals surface area contributed by atoms with Gasteiger partial charge >= 0.3 is 0 Å². The van der Waals surface area contributed by atoms with Crippen LogP contribution >= 0.6 is 0 Å². The first kappa shape index (κ1) is 11.0. The Balaban J connectivity index is 2.64. The highest BCUT2D eigenvalue weighted by Crippen LogP contribution is 2.22. The van der Waals surface area contributed by atoms with E-state index in [0.717, 1.165) is 22.4 Å². The molecule has 0 aliphatic rings. The van der Waals surface area contributed by atoms with Crippen LogP contribution in [0.2, 0.25) is 0 Å². The molecule has 0 saturated carbocycles. The highest BCUT2D eigenvalue weighted by atomic mass is 14.9. The van der Waals surface area contributed by atoms with Gasteiger partial charge in [-0.15, -0.1) is 0 Å². The van der Waals surface area contributed by atoms with Crippen molar-refractivity contribution in [2.24, 2.45) is 0 Å². The summed E-state index contributed by atoms with van der Waals surface area (Å²) in [6, 6.07) is 1.95. The van der Waals surface area contributed by atoms with Crippen molar-refractivity contribution in [1.82, 2.24) is 15.0 Å². The van der Waals surface area contributed by atoms with Crippen LogP contribution in [0.1, 0.15) is 51.0 Å². The van der Waals surface area contributed by atoms with Crippen molar-refractivity contribution >= 4 is 10.9 Å². The van der Waals surface area contributed by atoms with E-state index in [1.807, 2.05) is 18.5 Å². The molecule has 0 N–H and O–H groups in total. The quantitative estimate of drug-likeness (QED) is 0.771. The second-order valence-corrected chi connectivity index (χ2v) is 4.67. The molecule has 0 amide bonds.